The lowest BCUT2D eigenvalue weighted by molar-refractivity contribution is 0.262. The van der Waals surface area contributed by atoms with E-state index >= 15 is 0 Å². The number of anilines is 3. The molecule has 0 bridgehead atoms. The second-order valence-corrected chi connectivity index (χ2v) is 9.04. The van der Waals surface area contributed by atoms with Crippen LogP contribution in [-0.2, 0) is 0 Å². The van der Waals surface area contributed by atoms with E-state index in [1.165, 1.54) is 12.1 Å². The fraction of sp³-hybridized carbons (Fsp3) is 0.222. The summed E-state index contributed by atoms with van der Waals surface area (Å²) in [7, 11) is 2.12. The Morgan fingerprint density at radius 1 is 1.03 bits per heavy atom. The Balaban J connectivity index is 1.22. The Bertz CT molecular complexity index is 1390. The number of nitrogens with zero attached hydrogens (tertiary/aromatic N) is 4. The van der Waals surface area contributed by atoms with Crippen LogP contribution in [0, 0.1) is 12.7 Å². The number of halogens is 1. The predicted molar refractivity (Wildman–Crippen MR) is 142 cm³/mol. The number of carbonyl (C=O) groups is 1. The average Bonchev–Trinajstić information content (AvgIpc) is 3.41. The Kier molecular flexibility index (Phi) is 7.00. The lowest BCUT2D eigenvalue weighted by atomic mass is 10.1. The molecule has 1 fully saturated rings. The van der Waals surface area contributed by atoms with Crippen LogP contribution in [0.4, 0.5) is 26.2 Å². The van der Waals surface area contributed by atoms with Gasteiger partial charge in [-0.05, 0) is 55.9 Å². The van der Waals surface area contributed by atoms with E-state index in [-0.39, 0.29) is 5.75 Å². The minimum absolute atomic E-state index is 0.0332. The number of likely N-dealkylation sites (N-methyl/N-ethyl adjacent to an activating group) is 1. The average molecular weight is 502 g/mol. The van der Waals surface area contributed by atoms with E-state index in [9.17, 15) is 9.18 Å². The summed E-state index contributed by atoms with van der Waals surface area (Å²) in [6, 6.07) is 13.1. The molecule has 4 aromatic rings. The van der Waals surface area contributed by atoms with Gasteiger partial charge in [-0.2, -0.15) is 5.10 Å². The van der Waals surface area contributed by atoms with Gasteiger partial charge in [0.15, 0.2) is 11.6 Å². The molecule has 0 aliphatic carbocycles. The van der Waals surface area contributed by atoms with Crippen molar-refractivity contribution in [3.63, 3.8) is 0 Å². The van der Waals surface area contributed by atoms with Crippen LogP contribution in [0.5, 0.6) is 11.5 Å². The molecular weight excluding hydrogens is 473 g/mol. The Morgan fingerprint density at radius 3 is 2.59 bits per heavy atom. The molecule has 190 valence electrons. The molecule has 2 amide bonds. The van der Waals surface area contributed by atoms with Crippen molar-refractivity contribution in [3.05, 3.63) is 78.5 Å². The van der Waals surface area contributed by atoms with Gasteiger partial charge in [0.1, 0.15) is 5.75 Å². The topological polar surface area (TPSA) is 98.4 Å². The predicted octanol–water partition coefficient (Wildman–Crippen LogP) is 5.11. The highest BCUT2D eigenvalue weighted by atomic mass is 19.1. The first-order valence-electron chi connectivity index (χ1n) is 12.0. The number of aryl methyl sites for hydroxylation is 1. The number of H-pyrrole nitrogens is 1. The fourth-order valence-corrected chi connectivity index (χ4v) is 4.19. The summed E-state index contributed by atoms with van der Waals surface area (Å²) in [6.07, 6.45) is 4.93. The number of piperazine rings is 1. The highest BCUT2D eigenvalue weighted by Gasteiger charge is 2.16. The van der Waals surface area contributed by atoms with Gasteiger partial charge in [-0.3, -0.25) is 10.1 Å². The van der Waals surface area contributed by atoms with Gasteiger partial charge in [0.05, 0.1) is 11.9 Å². The summed E-state index contributed by atoms with van der Waals surface area (Å²) in [6.45, 7) is 5.86. The van der Waals surface area contributed by atoms with E-state index in [2.05, 4.69) is 48.7 Å². The van der Waals surface area contributed by atoms with Gasteiger partial charge in [-0.15, -0.1) is 0 Å². The van der Waals surface area contributed by atoms with Crippen molar-refractivity contribution >= 4 is 23.1 Å². The van der Waals surface area contributed by atoms with Crippen molar-refractivity contribution in [2.45, 2.75) is 6.92 Å². The van der Waals surface area contributed by atoms with E-state index in [0.717, 1.165) is 43.0 Å². The summed E-state index contributed by atoms with van der Waals surface area (Å²) < 4.78 is 20.5. The maximum atomic E-state index is 14.8. The Labute approximate surface area is 214 Å². The van der Waals surface area contributed by atoms with E-state index < -0.39 is 11.8 Å². The second-order valence-electron chi connectivity index (χ2n) is 9.04. The lowest BCUT2D eigenvalue weighted by Gasteiger charge is -2.34. The molecular formula is C27H28FN7O2. The summed E-state index contributed by atoms with van der Waals surface area (Å²) in [5.41, 5.74) is 4.55. The largest absolute Gasteiger partial charge is 0.454 e. The molecule has 1 aliphatic rings. The zero-order valence-electron chi connectivity index (χ0n) is 20.7. The minimum Gasteiger partial charge on any atom is -0.454 e. The number of aromatic nitrogens is 3. The van der Waals surface area contributed by atoms with Crippen molar-refractivity contribution in [2.24, 2.45) is 0 Å². The molecule has 1 saturated heterocycles. The quantitative estimate of drug-likeness (QED) is 0.340. The molecule has 0 unspecified atom stereocenters. The molecule has 2 aromatic heterocycles. The van der Waals surface area contributed by atoms with E-state index in [4.69, 9.17) is 4.74 Å². The smallest absolute Gasteiger partial charge is 0.323 e. The molecule has 0 saturated carbocycles. The lowest BCUT2D eigenvalue weighted by Crippen LogP contribution is -2.44. The molecule has 2 aromatic carbocycles. The maximum absolute atomic E-state index is 14.8. The Hall–Kier alpha value is -4.44. The number of carbonyl (C=O) groups excluding carboxylic acids is 1. The van der Waals surface area contributed by atoms with Crippen LogP contribution < -0.4 is 20.3 Å². The number of hydrogen-bond donors (Lipinski definition) is 3. The summed E-state index contributed by atoms with van der Waals surface area (Å²) in [4.78, 5) is 21.5. The fourth-order valence-electron chi connectivity index (χ4n) is 4.19. The van der Waals surface area contributed by atoms with Crippen molar-refractivity contribution in [3.8, 4) is 22.8 Å². The van der Waals surface area contributed by atoms with Crippen LogP contribution in [0.25, 0.3) is 11.3 Å². The van der Waals surface area contributed by atoms with Gasteiger partial charge in [-0.1, -0.05) is 0 Å². The van der Waals surface area contributed by atoms with Crippen LogP contribution in [-0.4, -0.2) is 59.3 Å². The first-order valence-corrected chi connectivity index (χ1v) is 12.0. The van der Waals surface area contributed by atoms with E-state index in [1.807, 2.05) is 19.1 Å². The van der Waals surface area contributed by atoms with Gasteiger partial charge in [0.2, 0.25) is 0 Å². The number of nitrogens with one attached hydrogen (secondary N) is 3. The van der Waals surface area contributed by atoms with Crippen LogP contribution in [0.15, 0.2) is 67.1 Å². The number of pyridine rings is 1. The van der Waals surface area contributed by atoms with Crippen LogP contribution in [0.3, 0.4) is 0 Å². The first kappa shape index (κ1) is 24.3. The van der Waals surface area contributed by atoms with Crippen molar-refractivity contribution < 1.29 is 13.9 Å². The summed E-state index contributed by atoms with van der Waals surface area (Å²) in [5, 5.41) is 12.2. The number of rotatable bonds is 6. The molecule has 1 aliphatic heterocycles. The van der Waals surface area contributed by atoms with Gasteiger partial charge >= 0.3 is 6.03 Å². The van der Waals surface area contributed by atoms with Crippen molar-refractivity contribution in [2.75, 3.05) is 48.8 Å². The Morgan fingerprint density at radius 2 is 1.84 bits per heavy atom. The third kappa shape index (κ3) is 6.04. The number of aromatic amines is 1. The number of benzene rings is 2. The standard InChI is InChI=1S/C27H28FN7O2/c1-18-11-21(13-22(12-18)35-9-7-34(2)8-10-35)33-27(36)32-20-3-4-26(24(28)14-20)37-23-5-6-29-25(15-23)19-16-30-31-17-19/h3-6,11-17H,7-10H2,1-2H3,(H,30,31)(H2,32,33,36). The zero-order valence-corrected chi connectivity index (χ0v) is 20.7. The normalized spacial score (nSPS) is 13.9. The monoisotopic (exact) mass is 501 g/mol. The van der Waals surface area contributed by atoms with Crippen molar-refractivity contribution in [1.29, 1.82) is 0 Å². The number of hydrogen-bond acceptors (Lipinski definition) is 6. The van der Waals surface area contributed by atoms with Gasteiger partial charge in [-0.25, -0.2) is 9.18 Å². The molecule has 0 radical (unpaired) electrons. The molecule has 5 rings (SSSR count). The van der Waals surface area contributed by atoms with Crippen LogP contribution in [0.2, 0.25) is 0 Å². The molecule has 10 heteroatoms. The molecule has 3 heterocycles. The van der Waals surface area contributed by atoms with E-state index in [1.54, 1.807) is 36.8 Å². The zero-order chi connectivity index (χ0) is 25.8. The van der Waals surface area contributed by atoms with Gasteiger partial charge in [0.25, 0.3) is 0 Å². The highest BCUT2D eigenvalue weighted by molar-refractivity contribution is 6.00. The van der Waals surface area contributed by atoms with Crippen LogP contribution >= 0.6 is 0 Å². The second kappa shape index (κ2) is 10.7. The first-order chi connectivity index (χ1) is 17.9. The van der Waals surface area contributed by atoms with Crippen molar-refractivity contribution in [1.82, 2.24) is 20.1 Å². The highest BCUT2D eigenvalue weighted by Crippen LogP contribution is 2.29. The maximum Gasteiger partial charge on any atom is 0.323 e. The minimum atomic E-state index is -0.604. The van der Waals surface area contributed by atoms with Gasteiger partial charge in [0, 0.05) is 73.3 Å². The molecule has 9 nitrogen and oxygen atoms in total. The third-order valence-corrected chi connectivity index (χ3v) is 6.13. The molecule has 0 spiro atoms. The van der Waals surface area contributed by atoms with E-state index in [0.29, 0.717) is 22.8 Å². The molecule has 3 N–H and O–H groups in total. The molecule has 0 atom stereocenters. The number of ether oxygens (including phenoxy) is 1. The summed E-state index contributed by atoms with van der Waals surface area (Å²) in [5.74, 6) is -0.141. The third-order valence-electron chi connectivity index (χ3n) is 6.13. The van der Waals surface area contributed by atoms with Crippen LogP contribution in [0.1, 0.15) is 5.56 Å². The molecule has 37 heavy (non-hydrogen) atoms. The number of amides is 2. The summed E-state index contributed by atoms with van der Waals surface area (Å²) >= 11 is 0. The van der Waals surface area contributed by atoms with Gasteiger partial charge < -0.3 is 25.2 Å². The SMILES string of the molecule is Cc1cc(NC(=O)Nc2ccc(Oc3ccnc(-c4cn[nH]c4)c3)c(F)c2)cc(N2CCN(C)CC2)c1. The number of urea groups is 1.